The van der Waals surface area contributed by atoms with E-state index in [0.29, 0.717) is 38.2 Å². The van der Waals surface area contributed by atoms with E-state index in [4.69, 9.17) is 4.74 Å². The molecule has 0 aromatic carbocycles. The van der Waals surface area contributed by atoms with Crippen LogP contribution in [0.2, 0.25) is 0 Å². The van der Waals surface area contributed by atoms with Crippen LogP contribution in [0.1, 0.15) is 41.5 Å². The molecule has 24 heavy (non-hydrogen) atoms. The van der Waals surface area contributed by atoms with Crippen molar-refractivity contribution in [1.82, 2.24) is 14.3 Å². The zero-order valence-electron chi connectivity index (χ0n) is 14.4. The maximum atomic E-state index is 13.0. The van der Waals surface area contributed by atoms with E-state index in [9.17, 15) is 9.59 Å². The highest BCUT2D eigenvalue weighted by atomic mass is 16.5. The van der Waals surface area contributed by atoms with Crippen molar-refractivity contribution in [3.63, 3.8) is 0 Å². The number of amides is 1. The van der Waals surface area contributed by atoms with Crippen LogP contribution < -0.4 is 0 Å². The van der Waals surface area contributed by atoms with Crippen molar-refractivity contribution in [2.24, 2.45) is 5.92 Å². The molecule has 0 radical (unpaired) electrons. The summed E-state index contributed by atoms with van der Waals surface area (Å²) in [6.45, 7) is 7.21. The first-order valence-electron chi connectivity index (χ1n) is 8.43. The smallest absolute Gasteiger partial charge is 0.309 e. The molecule has 1 fully saturated rings. The van der Waals surface area contributed by atoms with Crippen LogP contribution in [0.5, 0.6) is 0 Å². The predicted octanol–water partition coefficient (Wildman–Crippen LogP) is 2.37. The molecular weight excluding hydrogens is 306 g/mol. The highest BCUT2D eigenvalue weighted by molar-refractivity contribution is 5.95. The lowest BCUT2D eigenvalue weighted by atomic mass is 9.97. The van der Waals surface area contributed by atoms with Gasteiger partial charge in [0.1, 0.15) is 11.3 Å². The SMILES string of the molecule is CCOC(=O)C1CCN(C(=O)c2c(C)nc3c(C)cccn23)CC1. The van der Waals surface area contributed by atoms with Crippen LogP contribution >= 0.6 is 0 Å². The number of piperidine rings is 1. The summed E-state index contributed by atoms with van der Waals surface area (Å²) in [5, 5.41) is 0. The minimum absolute atomic E-state index is 0.0205. The topological polar surface area (TPSA) is 63.9 Å². The molecule has 3 rings (SSSR count). The number of pyridine rings is 1. The van der Waals surface area contributed by atoms with Crippen molar-refractivity contribution < 1.29 is 14.3 Å². The van der Waals surface area contributed by atoms with Gasteiger partial charge in [0.25, 0.3) is 5.91 Å². The van der Waals surface area contributed by atoms with Crippen LogP contribution in [-0.2, 0) is 9.53 Å². The minimum atomic E-state index is -0.147. The summed E-state index contributed by atoms with van der Waals surface area (Å²) >= 11 is 0. The fraction of sp³-hybridized carbons (Fsp3) is 0.500. The number of likely N-dealkylation sites (tertiary alicyclic amines) is 1. The van der Waals surface area contributed by atoms with Gasteiger partial charge in [0.15, 0.2) is 0 Å². The molecule has 6 heteroatoms. The van der Waals surface area contributed by atoms with Gasteiger partial charge in [-0.2, -0.15) is 0 Å². The highest BCUT2D eigenvalue weighted by Crippen LogP contribution is 2.22. The fourth-order valence-corrected chi connectivity index (χ4v) is 3.30. The van der Waals surface area contributed by atoms with E-state index in [0.717, 1.165) is 16.9 Å². The minimum Gasteiger partial charge on any atom is -0.466 e. The number of hydrogen-bond donors (Lipinski definition) is 0. The van der Waals surface area contributed by atoms with Crippen LogP contribution in [-0.4, -0.2) is 45.9 Å². The van der Waals surface area contributed by atoms with Gasteiger partial charge in [-0.15, -0.1) is 0 Å². The van der Waals surface area contributed by atoms with Gasteiger partial charge < -0.3 is 9.64 Å². The first-order chi connectivity index (χ1) is 11.5. The Kier molecular flexibility index (Phi) is 4.55. The second-order valence-electron chi connectivity index (χ2n) is 6.25. The standard InChI is InChI=1S/C18H23N3O3/c1-4-24-18(23)14-7-10-20(11-8-14)17(22)15-13(3)19-16-12(2)6-5-9-21(15)16/h5-6,9,14H,4,7-8,10-11H2,1-3H3. The predicted molar refractivity (Wildman–Crippen MR) is 89.9 cm³/mol. The first kappa shape index (κ1) is 16.5. The van der Waals surface area contributed by atoms with Gasteiger partial charge in [0.05, 0.1) is 18.2 Å². The van der Waals surface area contributed by atoms with Gasteiger partial charge in [0, 0.05) is 19.3 Å². The van der Waals surface area contributed by atoms with Crippen LogP contribution in [0, 0.1) is 19.8 Å². The molecule has 1 aliphatic rings. The zero-order valence-corrected chi connectivity index (χ0v) is 14.4. The Hall–Kier alpha value is -2.37. The molecule has 0 bridgehead atoms. The maximum absolute atomic E-state index is 13.0. The summed E-state index contributed by atoms with van der Waals surface area (Å²) in [5.74, 6) is -0.265. The number of carbonyl (C=O) groups excluding carboxylic acids is 2. The maximum Gasteiger partial charge on any atom is 0.309 e. The quantitative estimate of drug-likeness (QED) is 0.811. The molecule has 2 aromatic rings. The van der Waals surface area contributed by atoms with Crippen molar-refractivity contribution in [3.8, 4) is 0 Å². The summed E-state index contributed by atoms with van der Waals surface area (Å²) in [6, 6.07) is 3.91. The highest BCUT2D eigenvalue weighted by Gasteiger charge is 2.30. The molecular formula is C18H23N3O3. The van der Waals surface area contributed by atoms with Gasteiger partial charge in [0.2, 0.25) is 0 Å². The van der Waals surface area contributed by atoms with E-state index >= 15 is 0 Å². The van der Waals surface area contributed by atoms with Gasteiger partial charge in [-0.1, -0.05) is 6.07 Å². The molecule has 0 spiro atoms. The van der Waals surface area contributed by atoms with Crippen LogP contribution in [0.4, 0.5) is 0 Å². The molecule has 128 valence electrons. The van der Waals surface area contributed by atoms with E-state index in [1.165, 1.54) is 0 Å². The zero-order chi connectivity index (χ0) is 17.3. The molecule has 6 nitrogen and oxygen atoms in total. The largest absolute Gasteiger partial charge is 0.466 e. The number of aryl methyl sites for hydroxylation is 2. The molecule has 1 aliphatic heterocycles. The van der Waals surface area contributed by atoms with Gasteiger partial charge >= 0.3 is 5.97 Å². The number of fused-ring (bicyclic) bond motifs is 1. The molecule has 0 saturated carbocycles. The third-order valence-corrected chi connectivity index (χ3v) is 4.62. The van der Waals surface area contributed by atoms with E-state index in [-0.39, 0.29) is 17.8 Å². The Morgan fingerprint density at radius 3 is 2.67 bits per heavy atom. The lowest BCUT2D eigenvalue weighted by molar-refractivity contribution is -0.149. The Balaban J connectivity index is 1.78. The number of hydrogen-bond acceptors (Lipinski definition) is 4. The van der Waals surface area contributed by atoms with Crippen LogP contribution in [0.25, 0.3) is 5.65 Å². The Bertz CT molecular complexity index is 773. The van der Waals surface area contributed by atoms with Crippen molar-refractivity contribution in [2.75, 3.05) is 19.7 Å². The lowest BCUT2D eigenvalue weighted by Crippen LogP contribution is -2.41. The number of aromatic nitrogens is 2. The van der Waals surface area contributed by atoms with Crippen LogP contribution in [0.15, 0.2) is 18.3 Å². The molecule has 1 saturated heterocycles. The van der Waals surface area contributed by atoms with Crippen molar-refractivity contribution in [1.29, 1.82) is 0 Å². The average Bonchev–Trinajstić information content (AvgIpc) is 2.92. The van der Waals surface area contributed by atoms with Gasteiger partial charge in [-0.05, 0) is 45.2 Å². The van der Waals surface area contributed by atoms with E-state index in [1.54, 1.807) is 0 Å². The number of esters is 1. The Morgan fingerprint density at radius 2 is 2.00 bits per heavy atom. The number of rotatable bonds is 3. The average molecular weight is 329 g/mol. The molecule has 0 unspecified atom stereocenters. The number of nitrogens with zero attached hydrogens (tertiary/aromatic N) is 3. The number of ether oxygens (including phenoxy) is 1. The summed E-state index contributed by atoms with van der Waals surface area (Å²) in [7, 11) is 0. The Labute approximate surface area is 141 Å². The van der Waals surface area contributed by atoms with Crippen molar-refractivity contribution in [2.45, 2.75) is 33.6 Å². The third kappa shape index (κ3) is 2.88. The molecule has 0 N–H and O–H groups in total. The lowest BCUT2D eigenvalue weighted by Gasteiger charge is -2.30. The number of imidazole rings is 1. The monoisotopic (exact) mass is 329 g/mol. The Morgan fingerprint density at radius 1 is 1.29 bits per heavy atom. The fourth-order valence-electron chi connectivity index (χ4n) is 3.30. The normalized spacial score (nSPS) is 15.7. The molecule has 0 atom stereocenters. The second kappa shape index (κ2) is 6.63. The molecule has 2 aromatic heterocycles. The summed E-state index contributed by atoms with van der Waals surface area (Å²) in [5.41, 5.74) is 3.21. The number of carbonyl (C=O) groups is 2. The van der Waals surface area contributed by atoms with E-state index < -0.39 is 0 Å². The van der Waals surface area contributed by atoms with Crippen LogP contribution in [0.3, 0.4) is 0 Å². The van der Waals surface area contributed by atoms with Gasteiger partial charge in [-0.25, -0.2) is 4.98 Å². The molecule has 3 heterocycles. The summed E-state index contributed by atoms with van der Waals surface area (Å²) in [6.07, 6.45) is 3.18. The first-order valence-corrected chi connectivity index (χ1v) is 8.43. The van der Waals surface area contributed by atoms with Crippen molar-refractivity contribution >= 4 is 17.5 Å². The van der Waals surface area contributed by atoms with Crippen molar-refractivity contribution in [3.05, 3.63) is 35.3 Å². The van der Waals surface area contributed by atoms with Gasteiger partial charge in [-0.3, -0.25) is 14.0 Å². The summed E-state index contributed by atoms with van der Waals surface area (Å²) < 4.78 is 6.95. The second-order valence-corrected chi connectivity index (χ2v) is 6.25. The molecule has 1 amide bonds. The third-order valence-electron chi connectivity index (χ3n) is 4.62. The van der Waals surface area contributed by atoms with E-state index in [2.05, 4.69) is 4.98 Å². The summed E-state index contributed by atoms with van der Waals surface area (Å²) in [4.78, 5) is 31.1. The molecule has 0 aliphatic carbocycles. The van der Waals surface area contributed by atoms with E-state index in [1.807, 2.05) is 48.4 Å².